The summed E-state index contributed by atoms with van der Waals surface area (Å²) in [5.74, 6) is 5.50. The van der Waals surface area contributed by atoms with Gasteiger partial charge in [0.2, 0.25) is 0 Å². The molecule has 3 N–H and O–H groups in total. The molecule has 1 amide bonds. The van der Waals surface area contributed by atoms with Crippen molar-refractivity contribution in [2.24, 2.45) is 0 Å². The summed E-state index contributed by atoms with van der Waals surface area (Å²) in [4.78, 5) is 21.3. The van der Waals surface area contributed by atoms with E-state index in [-0.39, 0.29) is 29.5 Å². The lowest BCUT2D eigenvalue weighted by Crippen LogP contribution is -2.28. The molecule has 3 aromatic heterocycles. The van der Waals surface area contributed by atoms with E-state index in [1.807, 2.05) is 12.1 Å². The molecular weight excluding hydrogens is 421 g/mol. The van der Waals surface area contributed by atoms with Crippen LogP contribution in [-0.2, 0) is 0 Å². The van der Waals surface area contributed by atoms with Crippen LogP contribution in [0.5, 0.6) is 0 Å². The number of hydrogen-bond donors (Lipinski definition) is 3. The smallest absolute Gasteiger partial charge is 0.255 e. The first-order valence-corrected chi connectivity index (χ1v) is 10.0. The normalized spacial score (nSPS) is 11.2. The molecule has 0 saturated carbocycles. The third-order valence-corrected chi connectivity index (χ3v) is 4.85. The third kappa shape index (κ3) is 5.12. The van der Waals surface area contributed by atoms with Crippen molar-refractivity contribution < 1.29 is 9.18 Å². The molecule has 0 radical (unpaired) electrons. The summed E-state index contributed by atoms with van der Waals surface area (Å²) in [5, 5.41) is 22.7. The molecule has 0 saturated heterocycles. The molecule has 1 aromatic carbocycles. The highest BCUT2D eigenvalue weighted by atomic mass is 19.1. The number of rotatable bonds is 5. The van der Waals surface area contributed by atoms with E-state index in [0.717, 1.165) is 16.5 Å². The highest BCUT2D eigenvalue weighted by Crippen LogP contribution is 2.18. The molecule has 0 bridgehead atoms. The lowest BCUT2D eigenvalue weighted by atomic mass is 10.1. The standard InChI is InChI=1S/C24H18FN7O/c1-15(18-4-6-20(25)7-5-18)31-24(33)21-10-17(11-26)13-29-23(21)27-8-2-3-16-9-19-14-30-32-22(19)28-12-16/h4-7,9-10,12-15H,8H2,1H3,(H,27,29)(H,31,33)(H,28,30,32)/t15-/m0/s1. The molecule has 8 nitrogen and oxygen atoms in total. The number of aromatic nitrogens is 4. The number of H-pyrrole nitrogens is 1. The van der Waals surface area contributed by atoms with Gasteiger partial charge in [-0.3, -0.25) is 9.89 Å². The van der Waals surface area contributed by atoms with Crippen molar-refractivity contribution in [2.45, 2.75) is 13.0 Å². The Morgan fingerprint density at radius 2 is 1.94 bits per heavy atom. The van der Waals surface area contributed by atoms with Crippen molar-refractivity contribution >= 4 is 22.8 Å². The van der Waals surface area contributed by atoms with E-state index in [1.54, 1.807) is 31.5 Å². The lowest BCUT2D eigenvalue weighted by Gasteiger charge is -2.16. The van der Waals surface area contributed by atoms with Crippen molar-refractivity contribution in [3.63, 3.8) is 0 Å². The summed E-state index contributed by atoms with van der Waals surface area (Å²) >= 11 is 0. The minimum Gasteiger partial charge on any atom is -0.358 e. The summed E-state index contributed by atoms with van der Waals surface area (Å²) in [6, 6.07) is 10.8. The summed E-state index contributed by atoms with van der Waals surface area (Å²) in [6.07, 6.45) is 4.69. The predicted octanol–water partition coefficient (Wildman–Crippen LogP) is 3.32. The van der Waals surface area contributed by atoms with Crippen LogP contribution in [-0.4, -0.2) is 32.6 Å². The van der Waals surface area contributed by atoms with E-state index < -0.39 is 5.91 Å². The quantitative estimate of drug-likeness (QED) is 0.411. The van der Waals surface area contributed by atoms with Gasteiger partial charge in [-0.1, -0.05) is 24.0 Å². The molecule has 0 fully saturated rings. The van der Waals surface area contributed by atoms with Crippen LogP contribution < -0.4 is 10.6 Å². The Morgan fingerprint density at radius 3 is 2.73 bits per heavy atom. The number of pyridine rings is 2. The number of carbonyl (C=O) groups is 1. The highest BCUT2D eigenvalue weighted by molar-refractivity contribution is 5.99. The second kappa shape index (κ2) is 9.58. The number of aromatic amines is 1. The molecule has 33 heavy (non-hydrogen) atoms. The van der Waals surface area contributed by atoms with Gasteiger partial charge < -0.3 is 10.6 Å². The number of fused-ring (bicyclic) bond motifs is 1. The molecule has 0 aliphatic heterocycles. The summed E-state index contributed by atoms with van der Waals surface area (Å²) in [6.45, 7) is 2.01. The first-order chi connectivity index (χ1) is 16.0. The summed E-state index contributed by atoms with van der Waals surface area (Å²) in [5.41, 5.74) is 2.63. The highest BCUT2D eigenvalue weighted by Gasteiger charge is 2.17. The molecular formula is C24H18FN7O. The second-order valence-corrected chi connectivity index (χ2v) is 7.17. The summed E-state index contributed by atoms with van der Waals surface area (Å²) in [7, 11) is 0. The maximum absolute atomic E-state index is 13.2. The average molecular weight is 439 g/mol. The Bertz CT molecular complexity index is 1410. The second-order valence-electron chi connectivity index (χ2n) is 7.17. The van der Waals surface area contributed by atoms with Crippen molar-refractivity contribution in [1.82, 2.24) is 25.5 Å². The van der Waals surface area contributed by atoms with Crippen LogP contribution in [0.15, 0.2) is 55.0 Å². The van der Waals surface area contributed by atoms with Gasteiger partial charge in [0, 0.05) is 23.3 Å². The molecule has 0 unspecified atom stereocenters. The number of nitrogens with one attached hydrogen (secondary N) is 3. The van der Waals surface area contributed by atoms with Crippen molar-refractivity contribution in [3.05, 3.63) is 83.1 Å². The zero-order valence-corrected chi connectivity index (χ0v) is 17.6. The molecule has 0 aliphatic carbocycles. The zero-order valence-electron chi connectivity index (χ0n) is 17.6. The van der Waals surface area contributed by atoms with Gasteiger partial charge in [-0.05, 0) is 36.8 Å². The number of anilines is 1. The van der Waals surface area contributed by atoms with Crippen LogP contribution in [0.25, 0.3) is 11.0 Å². The van der Waals surface area contributed by atoms with Crippen LogP contribution >= 0.6 is 0 Å². The maximum atomic E-state index is 13.2. The largest absolute Gasteiger partial charge is 0.358 e. The number of carbonyl (C=O) groups excluding carboxylic acids is 1. The molecule has 0 spiro atoms. The Kier molecular flexibility index (Phi) is 6.24. The maximum Gasteiger partial charge on any atom is 0.255 e. The monoisotopic (exact) mass is 439 g/mol. The number of amides is 1. The molecule has 9 heteroatoms. The van der Waals surface area contributed by atoms with E-state index in [2.05, 4.69) is 42.6 Å². The van der Waals surface area contributed by atoms with E-state index in [9.17, 15) is 14.4 Å². The number of hydrogen-bond acceptors (Lipinski definition) is 6. The van der Waals surface area contributed by atoms with Crippen LogP contribution in [0.2, 0.25) is 0 Å². The van der Waals surface area contributed by atoms with Crippen molar-refractivity contribution in [3.8, 4) is 17.9 Å². The lowest BCUT2D eigenvalue weighted by molar-refractivity contribution is 0.0940. The van der Waals surface area contributed by atoms with E-state index in [1.165, 1.54) is 24.4 Å². The Labute approximate surface area is 188 Å². The van der Waals surface area contributed by atoms with Crippen molar-refractivity contribution in [2.75, 3.05) is 11.9 Å². The fraction of sp³-hybridized carbons (Fsp3) is 0.125. The third-order valence-electron chi connectivity index (χ3n) is 4.85. The Hall–Kier alpha value is -4.76. The van der Waals surface area contributed by atoms with Gasteiger partial charge in [0.1, 0.15) is 17.7 Å². The first kappa shape index (κ1) is 21.5. The van der Waals surface area contributed by atoms with Crippen LogP contribution in [0.4, 0.5) is 10.2 Å². The number of nitrogens with zero attached hydrogens (tertiary/aromatic N) is 4. The van der Waals surface area contributed by atoms with Gasteiger partial charge in [-0.2, -0.15) is 10.4 Å². The first-order valence-electron chi connectivity index (χ1n) is 10.0. The van der Waals surface area contributed by atoms with Crippen molar-refractivity contribution in [1.29, 1.82) is 5.26 Å². The minimum atomic E-state index is -0.415. The van der Waals surface area contributed by atoms with Gasteiger partial charge in [0.15, 0.2) is 5.65 Å². The fourth-order valence-electron chi connectivity index (χ4n) is 3.13. The Morgan fingerprint density at radius 1 is 1.15 bits per heavy atom. The predicted molar refractivity (Wildman–Crippen MR) is 120 cm³/mol. The van der Waals surface area contributed by atoms with Crippen LogP contribution in [0.3, 0.4) is 0 Å². The summed E-state index contributed by atoms with van der Waals surface area (Å²) < 4.78 is 13.2. The average Bonchev–Trinajstić information content (AvgIpc) is 3.30. The topological polar surface area (TPSA) is 119 Å². The Balaban J connectivity index is 1.47. The van der Waals surface area contributed by atoms with E-state index in [0.29, 0.717) is 11.5 Å². The van der Waals surface area contributed by atoms with E-state index in [4.69, 9.17) is 0 Å². The molecule has 4 rings (SSSR count). The van der Waals surface area contributed by atoms with Gasteiger partial charge in [-0.15, -0.1) is 0 Å². The van der Waals surface area contributed by atoms with Gasteiger partial charge in [0.25, 0.3) is 5.91 Å². The molecule has 1 atom stereocenters. The number of halogens is 1. The van der Waals surface area contributed by atoms with Crippen LogP contribution in [0, 0.1) is 29.0 Å². The number of benzene rings is 1. The molecule has 162 valence electrons. The van der Waals surface area contributed by atoms with Gasteiger partial charge >= 0.3 is 0 Å². The van der Waals surface area contributed by atoms with E-state index >= 15 is 0 Å². The van der Waals surface area contributed by atoms with Gasteiger partial charge in [0.05, 0.1) is 29.9 Å². The van der Waals surface area contributed by atoms with Gasteiger partial charge in [-0.25, -0.2) is 14.4 Å². The molecule has 4 aromatic rings. The molecule has 3 heterocycles. The number of nitriles is 1. The molecule has 0 aliphatic rings. The minimum absolute atomic E-state index is 0.214. The zero-order chi connectivity index (χ0) is 23.2. The van der Waals surface area contributed by atoms with Crippen LogP contribution in [0.1, 0.15) is 40.0 Å². The SMILES string of the molecule is C[C@H](NC(=O)c1cc(C#N)cnc1NCC#Cc1cnc2[nH]ncc2c1)c1ccc(F)cc1. The fourth-order valence-corrected chi connectivity index (χ4v) is 3.13.